The summed E-state index contributed by atoms with van der Waals surface area (Å²) in [6, 6.07) is -0.513. The van der Waals surface area contributed by atoms with Crippen molar-refractivity contribution in [3.63, 3.8) is 0 Å². The Morgan fingerprint density at radius 2 is 1.85 bits per heavy atom. The smallest absolute Gasteiger partial charge is 0.344 e. The first-order chi connectivity index (χ1) is 12.2. The fraction of sp³-hybridized carbons (Fsp3) is 0.765. The van der Waals surface area contributed by atoms with Crippen LogP contribution in [0.4, 0.5) is 4.79 Å². The summed E-state index contributed by atoms with van der Waals surface area (Å²) in [6.45, 7) is 4.27. The number of nitrogens with zero attached hydrogens (tertiary/aromatic N) is 2. The molecule has 1 saturated carbocycles. The van der Waals surface area contributed by atoms with Crippen LogP contribution in [-0.4, -0.2) is 65.4 Å². The van der Waals surface area contributed by atoms with Gasteiger partial charge in [-0.2, -0.15) is 5.01 Å². The van der Waals surface area contributed by atoms with Crippen LogP contribution in [0, 0.1) is 0 Å². The fourth-order valence-electron chi connectivity index (χ4n) is 3.38. The van der Waals surface area contributed by atoms with E-state index in [9.17, 15) is 19.2 Å². The molecule has 0 aromatic rings. The average Bonchev–Trinajstić information content (AvgIpc) is 2.77. The molecule has 0 atom stereocenters. The van der Waals surface area contributed by atoms with Crippen molar-refractivity contribution in [3.8, 4) is 0 Å². The number of hydrogen-bond donors (Lipinski definition) is 3. The first-order valence-electron chi connectivity index (χ1n) is 9.17. The topological polar surface area (TPSA) is 111 Å². The van der Waals surface area contributed by atoms with E-state index < -0.39 is 17.5 Å². The molecule has 9 nitrogen and oxygen atoms in total. The van der Waals surface area contributed by atoms with E-state index in [1.165, 1.54) is 0 Å². The molecular weight excluding hydrogens is 338 g/mol. The van der Waals surface area contributed by atoms with E-state index in [4.69, 9.17) is 0 Å². The number of rotatable bonds is 7. The van der Waals surface area contributed by atoms with Gasteiger partial charge in [-0.05, 0) is 33.7 Å². The van der Waals surface area contributed by atoms with Crippen LogP contribution < -0.4 is 16.1 Å². The second-order valence-corrected chi connectivity index (χ2v) is 7.46. The Balaban J connectivity index is 1.79. The van der Waals surface area contributed by atoms with Crippen molar-refractivity contribution in [2.75, 3.05) is 20.1 Å². The fourth-order valence-corrected chi connectivity index (χ4v) is 3.38. The molecule has 1 saturated heterocycles. The second-order valence-electron chi connectivity index (χ2n) is 7.46. The molecule has 2 rings (SSSR count). The molecule has 146 valence electrons. The maximum atomic E-state index is 12.6. The zero-order chi connectivity index (χ0) is 19.3. The number of carbonyl (C=O) groups excluding carboxylic acids is 4. The van der Waals surface area contributed by atoms with Crippen LogP contribution in [0.1, 0.15) is 52.4 Å². The molecule has 0 aromatic carbocycles. The number of nitrogens with one attached hydrogen (secondary N) is 3. The van der Waals surface area contributed by atoms with Gasteiger partial charge in [0.05, 0.1) is 6.54 Å². The minimum Gasteiger partial charge on any atom is -0.353 e. The van der Waals surface area contributed by atoms with E-state index in [-0.39, 0.29) is 30.8 Å². The lowest BCUT2D eigenvalue weighted by Gasteiger charge is -2.30. The van der Waals surface area contributed by atoms with Crippen LogP contribution >= 0.6 is 0 Å². The molecule has 3 N–H and O–H groups in total. The number of carbonyl (C=O) groups is 4. The van der Waals surface area contributed by atoms with Gasteiger partial charge in [-0.25, -0.2) is 4.79 Å². The zero-order valence-corrected chi connectivity index (χ0v) is 15.8. The molecule has 0 aromatic heterocycles. The van der Waals surface area contributed by atoms with Gasteiger partial charge >= 0.3 is 6.03 Å². The molecule has 9 heteroatoms. The normalized spacial score (nSPS) is 19.2. The summed E-state index contributed by atoms with van der Waals surface area (Å²) >= 11 is 0. The van der Waals surface area contributed by atoms with Gasteiger partial charge in [0.2, 0.25) is 11.8 Å². The van der Waals surface area contributed by atoms with Crippen LogP contribution in [0.3, 0.4) is 0 Å². The van der Waals surface area contributed by atoms with Gasteiger partial charge < -0.3 is 10.6 Å². The van der Waals surface area contributed by atoms with Crippen molar-refractivity contribution in [3.05, 3.63) is 0 Å². The highest BCUT2D eigenvalue weighted by atomic mass is 16.2. The first-order valence-corrected chi connectivity index (χ1v) is 9.17. The summed E-state index contributed by atoms with van der Waals surface area (Å²) in [6.07, 6.45) is 4.12. The Labute approximate surface area is 153 Å². The van der Waals surface area contributed by atoms with E-state index in [0.717, 1.165) is 24.3 Å². The minimum atomic E-state index is -0.853. The summed E-state index contributed by atoms with van der Waals surface area (Å²) in [5.74, 6) is -0.922. The number of hydrogen-bond acceptors (Lipinski definition) is 5. The van der Waals surface area contributed by atoms with Crippen LogP contribution in [-0.2, 0) is 14.4 Å². The molecule has 1 heterocycles. The van der Waals surface area contributed by atoms with Gasteiger partial charge in [0.15, 0.2) is 0 Å². The highest BCUT2D eigenvalue weighted by Crippen LogP contribution is 2.32. The zero-order valence-electron chi connectivity index (χ0n) is 15.8. The lowest BCUT2D eigenvalue weighted by atomic mass is 9.82. The summed E-state index contributed by atoms with van der Waals surface area (Å²) < 4.78 is 0. The number of amides is 5. The molecule has 5 amide bonds. The summed E-state index contributed by atoms with van der Waals surface area (Å²) in [5.41, 5.74) is 1.54. The average molecular weight is 367 g/mol. The number of imide groups is 1. The van der Waals surface area contributed by atoms with Gasteiger partial charge in [-0.3, -0.25) is 24.7 Å². The van der Waals surface area contributed by atoms with Crippen LogP contribution in [0.2, 0.25) is 0 Å². The van der Waals surface area contributed by atoms with Crippen molar-refractivity contribution in [2.24, 2.45) is 0 Å². The monoisotopic (exact) mass is 367 g/mol. The third-order valence-corrected chi connectivity index (χ3v) is 4.69. The van der Waals surface area contributed by atoms with Crippen molar-refractivity contribution in [2.45, 2.75) is 64.0 Å². The van der Waals surface area contributed by atoms with Crippen molar-refractivity contribution >= 4 is 23.8 Å². The van der Waals surface area contributed by atoms with Gasteiger partial charge in [0.25, 0.3) is 5.91 Å². The maximum Gasteiger partial charge on any atom is 0.344 e. The van der Waals surface area contributed by atoms with Crippen molar-refractivity contribution in [1.29, 1.82) is 0 Å². The SMILES string of the molecule is CC(C)NC(=O)CN(C)CCC(=O)NN1C(=O)NC2(CCCCC2)C1=O. The second kappa shape index (κ2) is 8.48. The molecule has 0 radical (unpaired) electrons. The Hall–Kier alpha value is -2.16. The highest BCUT2D eigenvalue weighted by Gasteiger charge is 2.52. The molecule has 1 aliphatic carbocycles. The van der Waals surface area contributed by atoms with Crippen molar-refractivity contribution < 1.29 is 19.2 Å². The lowest BCUT2D eigenvalue weighted by Crippen LogP contribution is -2.51. The Morgan fingerprint density at radius 3 is 2.46 bits per heavy atom. The Kier molecular flexibility index (Phi) is 6.57. The van der Waals surface area contributed by atoms with Gasteiger partial charge in [-0.1, -0.05) is 19.3 Å². The van der Waals surface area contributed by atoms with Gasteiger partial charge in [-0.15, -0.1) is 0 Å². The predicted octanol–water partition coefficient (Wildman–Crippen LogP) is 0.119. The Bertz CT molecular complexity index is 572. The summed E-state index contributed by atoms with van der Waals surface area (Å²) in [4.78, 5) is 50.2. The van der Waals surface area contributed by atoms with Crippen LogP contribution in [0.25, 0.3) is 0 Å². The van der Waals surface area contributed by atoms with E-state index in [1.807, 2.05) is 13.8 Å². The number of hydrazine groups is 1. The number of likely N-dealkylation sites (N-methyl/N-ethyl adjacent to an activating group) is 1. The predicted molar refractivity (Wildman–Crippen MR) is 94.7 cm³/mol. The molecule has 2 fully saturated rings. The molecule has 0 unspecified atom stereocenters. The summed E-state index contributed by atoms with van der Waals surface area (Å²) in [7, 11) is 1.73. The molecule has 26 heavy (non-hydrogen) atoms. The molecule has 1 aliphatic heterocycles. The summed E-state index contributed by atoms with van der Waals surface area (Å²) in [5, 5.41) is 6.33. The Morgan fingerprint density at radius 1 is 1.19 bits per heavy atom. The lowest BCUT2D eigenvalue weighted by molar-refractivity contribution is -0.140. The van der Waals surface area contributed by atoms with E-state index >= 15 is 0 Å². The van der Waals surface area contributed by atoms with Crippen LogP contribution in [0.5, 0.6) is 0 Å². The highest BCUT2D eigenvalue weighted by molar-refractivity contribution is 6.08. The third kappa shape index (κ3) is 4.94. The minimum absolute atomic E-state index is 0.0611. The van der Waals surface area contributed by atoms with Gasteiger partial charge in [0.1, 0.15) is 5.54 Å². The van der Waals surface area contributed by atoms with Crippen molar-refractivity contribution in [1.82, 2.24) is 26.0 Å². The first kappa shape index (κ1) is 20.2. The largest absolute Gasteiger partial charge is 0.353 e. The standard InChI is InChI=1S/C17H29N5O4/c1-12(2)18-14(24)11-21(3)10-7-13(23)20-22-15(25)17(19-16(22)26)8-5-4-6-9-17/h12H,4-11H2,1-3H3,(H,18,24)(H,19,26)(H,20,23). The molecule has 2 aliphatic rings. The number of urea groups is 1. The molecular formula is C17H29N5O4. The quantitative estimate of drug-likeness (QED) is 0.554. The van der Waals surface area contributed by atoms with E-state index in [1.54, 1.807) is 11.9 Å². The molecule has 0 bridgehead atoms. The molecule has 1 spiro atoms. The van der Waals surface area contributed by atoms with Gasteiger partial charge in [0, 0.05) is 19.0 Å². The third-order valence-electron chi connectivity index (χ3n) is 4.69. The van der Waals surface area contributed by atoms with E-state index in [2.05, 4.69) is 16.1 Å². The van der Waals surface area contributed by atoms with Crippen LogP contribution in [0.15, 0.2) is 0 Å². The van der Waals surface area contributed by atoms with E-state index in [0.29, 0.717) is 19.4 Å². The maximum absolute atomic E-state index is 12.6.